The van der Waals surface area contributed by atoms with Crippen LogP contribution in [-0.2, 0) is 93.8 Å². The molecule has 0 saturated carbocycles. The maximum atomic E-state index is 15.4. The monoisotopic (exact) mass is 1220 g/mol. The summed E-state index contributed by atoms with van der Waals surface area (Å²) in [4.78, 5) is 148. The van der Waals surface area contributed by atoms with Gasteiger partial charge in [-0.15, -0.1) is 0 Å². The number of rotatable bonds is 30. The maximum Gasteiger partial charge on any atom is 0.343 e. The zero-order valence-corrected chi connectivity index (χ0v) is 50.2. The molecule has 8 N–H and O–H groups in total. The molecule has 88 heavy (non-hydrogen) atoms. The molecule has 1 fully saturated rings. The lowest BCUT2D eigenvalue weighted by atomic mass is 9.76. The Bertz CT molecular complexity index is 3450. The van der Waals surface area contributed by atoms with E-state index < -0.39 is 90.1 Å². The summed E-state index contributed by atoms with van der Waals surface area (Å²) in [5, 5.41) is 30.5. The molecule has 3 aliphatic heterocycles. The van der Waals surface area contributed by atoms with Gasteiger partial charge in [-0.3, -0.25) is 52.8 Å². The normalized spacial score (nSPS) is 17.7. The van der Waals surface area contributed by atoms with Crippen LogP contribution >= 0.6 is 0 Å². The van der Waals surface area contributed by atoms with Crippen molar-refractivity contribution in [1.29, 1.82) is 0 Å². The number of imide groups is 1. The summed E-state index contributed by atoms with van der Waals surface area (Å²) in [5.41, 5.74) is 1.78. The molecule has 0 bridgehead atoms. The van der Waals surface area contributed by atoms with Gasteiger partial charge in [0.15, 0.2) is 5.60 Å². The van der Waals surface area contributed by atoms with Gasteiger partial charge in [0.2, 0.25) is 53.2 Å². The van der Waals surface area contributed by atoms with Crippen LogP contribution in [0, 0.1) is 24.1 Å². The molecule has 472 valence electrons. The highest BCUT2D eigenvalue weighted by Gasteiger charge is 2.47. The molecule has 4 aromatic rings. The Labute approximate surface area is 507 Å². The third-order valence-electron chi connectivity index (χ3n) is 16.9. The third kappa shape index (κ3) is 15.2. The smallest absolute Gasteiger partial charge is 0.343 e. The van der Waals surface area contributed by atoms with E-state index in [1.165, 1.54) is 15.5 Å². The van der Waals surface area contributed by atoms with Crippen LogP contribution in [0.4, 0.5) is 4.39 Å². The van der Waals surface area contributed by atoms with E-state index in [0.29, 0.717) is 57.4 Å². The van der Waals surface area contributed by atoms with Gasteiger partial charge in [0, 0.05) is 74.3 Å². The van der Waals surface area contributed by atoms with Crippen LogP contribution in [0.1, 0.15) is 124 Å². The first-order chi connectivity index (χ1) is 42.0. The molecule has 1 saturated heterocycles. The van der Waals surface area contributed by atoms with Crippen molar-refractivity contribution in [3.8, 4) is 11.4 Å². The van der Waals surface area contributed by atoms with E-state index in [-0.39, 0.29) is 144 Å². The molecule has 2 aromatic heterocycles. The fourth-order valence-electron chi connectivity index (χ4n) is 11.4. The van der Waals surface area contributed by atoms with Gasteiger partial charge < -0.3 is 61.1 Å². The van der Waals surface area contributed by atoms with E-state index >= 15 is 4.39 Å². The molecule has 4 aliphatic rings. The number of aromatic nitrogens is 2. The summed E-state index contributed by atoms with van der Waals surface area (Å²) in [6, 6.07) is 9.99. The van der Waals surface area contributed by atoms with Crippen molar-refractivity contribution in [3.05, 3.63) is 97.6 Å². The minimum Gasteiger partial charge on any atom is -0.458 e. The lowest BCUT2D eigenvalue weighted by Gasteiger charge is -2.31. The zero-order chi connectivity index (χ0) is 63.5. The Morgan fingerprint density at radius 3 is 2.23 bits per heavy atom. The summed E-state index contributed by atoms with van der Waals surface area (Å²) < 4.78 is 33.0. The first-order valence-electron chi connectivity index (χ1n) is 29.8. The number of hydrogen-bond donors (Lipinski definition) is 8. The predicted molar refractivity (Wildman–Crippen MR) is 315 cm³/mol. The number of ether oxygens (including phenoxy) is 3. The van der Waals surface area contributed by atoms with Crippen molar-refractivity contribution < 1.29 is 71.7 Å². The van der Waals surface area contributed by atoms with Gasteiger partial charge in [0.05, 0.1) is 87.0 Å². The van der Waals surface area contributed by atoms with E-state index in [9.17, 15) is 57.8 Å². The second-order valence-electron chi connectivity index (χ2n) is 23.1. The second-order valence-corrected chi connectivity index (χ2v) is 23.1. The fourth-order valence-corrected chi connectivity index (χ4v) is 11.4. The largest absolute Gasteiger partial charge is 0.458 e. The lowest BCUT2D eigenvalue weighted by Crippen LogP contribution is -2.52. The average Bonchev–Trinajstić information content (AvgIpc) is 1.48. The van der Waals surface area contributed by atoms with Gasteiger partial charge in [-0.1, -0.05) is 64.4 Å². The quantitative estimate of drug-likeness (QED) is 0.0183. The van der Waals surface area contributed by atoms with Crippen molar-refractivity contribution in [2.24, 2.45) is 11.3 Å². The Balaban J connectivity index is 0.719. The topological polar surface area (TPSA) is 341 Å². The molecule has 2 aromatic carbocycles. The molecule has 25 nitrogen and oxygen atoms in total. The lowest BCUT2D eigenvalue weighted by molar-refractivity contribution is -0.172. The molecule has 5 heterocycles. The van der Waals surface area contributed by atoms with Gasteiger partial charge in [-0.2, -0.15) is 0 Å². The zero-order valence-electron chi connectivity index (χ0n) is 50.2. The molecular weight excluding hydrogens is 1140 g/mol. The number of esters is 1. The highest BCUT2D eigenvalue weighted by Crippen LogP contribution is 2.46. The number of nitrogens with one attached hydrogen (secondary N) is 7. The highest BCUT2D eigenvalue weighted by molar-refractivity contribution is 6.04. The number of pyridine rings is 2. The number of aryl methyl sites for hydroxylation is 1. The van der Waals surface area contributed by atoms with Crippen LogP contribution in [0.25, 0.3) is 22.3 Å². The van der Waals surface area contributed by atoms with Gasteiger partial charge in [0.1, 0.15) is 18.5 Å². The highest BCUT2D eigenvalue weighted by atomic mass is 19.1. The predicted octanol–water partition coefficient (Wildman–Crippen LogP) is 1.34. The van der Waals surface area contributed by atoms with E-state index in [2.05, 4.69) is 37.2 Å². The molecule has 0 spiro atoms. The summed E-state index contributed by atoms with van der Waals surface area (Å²) in [7, 11) is 0. The minimum atomic E-state index is -2.05. The number of carbonyl (C=O) groups excluding carboxylic acids is 10. The molecule has 8 rings (SSSR count). The summed E-state index contributed by atoms with van der Waals surface area (Å²) >= 11 is 0. The van der Waals surface area contributed by atoms with Crippen LogP contribution in [0.5, 0.6) is 0 Å². The molecule has 0 radical (unpaired) electrons. The minimum absolute atomic E-state index is 0.00326. The molecule has 1 aliphatic carbocycles. The van der Waals surface area contributed by atoms with Gasteiger partial charge in [0.25, 0.3) is 5.56 Å². The van der Waals surface area contributed by atoms with Crippen LogP contribution in [0.3, 0.4) is 0 Å². The summed E-state index contributed by atoms with van der Waals surface area (Å²) in [6.45, 7) is 8.35. The van der Waals surface area contributed by atoms with Crippen LogP contribution in [0.15, 0.2) is 47.3 Å². The Kier molecular flexibility index (Phi) is 21.6. The SMILES string of the molecule is CCC(C)(C)C1CC(=O)N(CCC(=O)NCCOCCOCCC(=O)NCC(=O)NCC(=O)N[C@@H](Cc2ccccc2)C(=O)NCC(=O)NCCCC(=O)N[C@H]2CCc3c(C)c(F)cc4nc5c(c2c34)Cn2c-5cc3c(c2=O)COC(=O)[C@]3(O)CC)C1=O. The van der Waals surface area contributed by atoms with E-state index in [1.54, 1.807) is 50.2 Å². The van der Waals surface area contributed by atoms with Crippen molar-refractivity contribution >= 4 is 70.0 Å². The number of cyclic esters (lactones) is 1. The molecular formula is C62H77FN10O15. The first kappa shape index (κ1) is 65.5. The van der Waals surface area contributed by atoms with Crippen LogP contribution < -0.4 is 42.8 Å². The number of halogens is 1. The van der Waals surface area contributed by atoms with Crippen LogP contribution in [-0.4, -0.2) is 150 Å². The summed E-state index contributed by atoms with van der Waals surface area (Å²) in [5.74, 6) is -5.99. The number of likely N-dealkylation sites (tertiary alicyclic amines) is 1. The van der Waals surface area contributed by atoms with Crippen molar-refractivity contribution in [2.75, 3.05) is 65.7 Å². The number of fused-ring (bicyclic) bond motifs is 5. The number of carbonyl (C=O) groups is 10. The number of aliphatic hydroxyl groups is 1. The van der Waals surface area contributed by atoms with E-state index in [0.717, 1.165) is 12.0 Å². The van der Waals surface area contributed by atoms with Crippen molar-refractivity contribution in [2.45, 2.75) is 130 Å². The number of hydrogen-bond acceptors (Lipinski definition) is 16. The Morgan fingerprint density at radius 2 is 1.49 bits per heavy atom. The molecule has 1 unspecified atom stereocenters. The summed E-state index contributed by atoms with van der Waals surface area (Å²) in [6.07, 6.45) is 1.87. The molecule has 4 atom stereocenters. The van der Waals surface area contributed by atoms with Gasteiger partial charge in [-0.05, 0) is 66.3 Å². The Morgan fingerprint density at radius 1 is 0.807 bits per heavy atom. The fraction of sp³-hybridized carbons (Fsp3) is 0.516. The average molecular weight is 1220 g/mol. The standard InChI is InChI=1S/C62H77FN10O15/c1-6-61(4,5)41-28-53(80)72(59(41)83)21-17-47(74)65-20-23-87-25-24-86-22-18-48(75)66-30-51(78)67-32-52(79)70-45(26-36-12-9-8-10-13-36)57(81)68-31-50(77)64-19-11-14-49(76)69-43-16-15-37-35(3)42(63)29-44-54(37)55(43)38-33-73-46(56(38)71-44)27-40-39(58(73)82)34-88-60(84)62(40,85)7-2/h8-10,12-13,27,29,41,43,45,85H,6-7,11,14-26,28,30-34H2,1-5H3,(H,64,77)(H,65,74)(H,66,75)(H,67,78)(H,68,81)(H,69,76)(H,70,79)/t41?,43-,45-,62-/m0/s1. The Hall–Kier alpha value is -8.49. The first-order valence-corrected chi connectivity index (χ1v) is 29.8. The molecule has 9 amide bonds. The van der Waals surface area contributed by atoms with Crippen LogP contribution in [0.2, 0.25) is 0 Å². The number of amides is 9. The second kappa shape index (κ2) is 29.0. The molecule has 26 heteroatoms. The van der Waals surface area contributed by atoms with Crippen molar-refractivity contribution in [3.63, 3.8) is 0 Å². The van der Waals surface area contributed by atoms with Gasteiger partial charge in [-0.25, -0.2) is 14.2 Å². The van der Waals surface area contributed by atoms with Crippen molar-refractivity contribution in [1.82, 2.24) is 51.7 Å². The number of benzene rings is 2. The maximum absolute atomic E-state index is 15.4. The number of nitrogens with zero attached hydrogens (tertiary/aromatic N) is 3. The van der Waals surface area contributed by atoms with Gasteiger partial charge >= 0.3 is 5.97 Å². The third-order valence-corrected chi connectivity index (χ3v) is 16.9. The van der Waals surface area contributed by atoms with E-state index in [1.807, 2.05) is 20.8 Å². The van der Waals surface area contributed by atoms with E-state index in [4.69, 9.17) is 19.2 Å².